The Morgan fingerprint density at radius 2 is 2.41 bits per heavy atom. The van der Waals surface area contributed by atoms with Crippen molar-refractivity contribution in [3.63, 3.8) is 0 Å². The van der Waals surface area contributed by atoms with Crippen molar-refractivity contribution < 1.29 is 0 Å². The van der Waals surface area contributed by atoms with Crippen molar-refractivity contribution in [3.05, 3.63) is 46.7 Å². The SMILES string of the molecule is NCc1c#ccc(-c2c[nH]c3c2=CCCN=3)c1. The lowest BCUT2D eigenvalue weighted by atomic mass is 10.1. The quantitative estimate of drug-likeness (QED) is 0.767. The van der Waals surface area contributed by atoms with Crippen LogP contribution in [0.1, 0.15) is 12.0 Å². The van der Waals surface area contributed by atoms with Crippen LogP contribution in [0.2, 0.25) is 0 Å². The normalized spacial score (nSPS) is 13.2. The van der Waals surface area contributed by atoms with Crippen molar-refractivity contribution in [1.82, 2.24) is 4.98 Å². The predicted molar refractivity (Wildman–Crippen MR) is 66.5 cm³/mol. The molecule has 3 rings (SSSR count). The van der Waals surface area contributed by atoms with Crippen LogP contribution in [0.4, 0.5) is 0 Å². The molecule has 0 unspecified atom stereocenters. The molecule has 0 saturated heterocycles. The molecule has 3 N–H and O–H groups in total. The Bertz CT molecular complexity index is 652. The lowest BCUT2D eigenvalue weighted by Crippen LogP contribution is -2.27. The molecule has 0 saturated carbocycles. The second-order valence-corrected chi connectivity index (χ2v) is 4.08. The minimum Gasteiger partial charge on any atom is -0.346 e. The average Bonchev–Trinajstić information content (AvgIpc) is 2.82. The highest BCUT2D eigenvalue weighted by molar-refractivity contribution is 5.64. The number of H-pyrrole nitrogens is 1. The molecule has 1 aliphatic heterocycles. The minimum absolute atomic E-state index is 0.491. The zero-order valence-corrected chi connectivity index (χ0v) is 9.46. The van der Waals surface area contributed by atoms with Crippen LogP contribution in [0.15, 0.2) is 23.3 Å². The van der Waals surface area contributed by atoms with E-state index in [1.807, 2.05) is 12.3 Å². The van der Waals surface area contributed by atoms with Gasteiger partial charge >= 0.3 is 0 Å². The molecule has 0 aliphatic carbocycles. The van der Waals surface area contributed by atoms with Crippen LogP contribution in [0.3, 0.4) is 0 Å². The zero-order valence-electron chi connectivity index (χ0n) is 9.46. The number of nitrogens with two attached hydrogens (primary N) is 1. The van der Waals surface area contributed by atoms with E-state index in [4.69, 9.17) is 5.73 Å². The van der Waals surface area contributed by atoms with E-state index in [0.29, 0.717) is 6.54 Å². The molecule has 84 valence electrons. The highest BCUT2D eigenvalue weighted by Crippen LogP contribution is 2.14. The molecule has 0 radical (unpaired) electrons. The Hall–Kier alpha value is -2.05. The van der Waals surface area contributed by atoms with Gasteiger partial charge in [0, 0.05) is 35.6 Å². The summed E-state index contributed by atoms with van der Waals surface area (Å²) in [6.07, 6.45) is 5.23. The Morgan fingerprint density at radius 1 is 1.47 bits per heavy atom. The predicted octanol–water partition coefficient (Wildman–Crippen LogP) is 0.545. The number of aromatic nitrogens is 1. The Labute approximate surface area is 99.7 Å². The van der Waals surface area contributed by atoms with Gasteiger partial charge in [-0.3, -0.25) is 4.99 Å². The number of fused-ring (bicyclic) bond motifs is 1. The van der Waals surface area contributed by atoms with Gasteiger partial charge < -0.3 is 10.7 Å². The Kier molecular flexibility index (Phi) is 2.43. The second-order valence-electron chi connectivity index (χ2n) is 4.08. The van der Waals surface area contributed by atoms with Crippen LogP contribution >= 0.6 is 0 Å². The van der Waals surface area contributed by atoms with Crippen molar-refractivity contribution in [2.24, 2.45) is 10.7 Å². The minimum atomic E-state index is 0.491. The summed E-state index contributed by atoms with van der Waals surface area (Å²) in [7, 11) is 0. The molecule has 1 aromatic heterocycles. The summed E-state index contributed by atoms with van der Waals surface area (Å²) in [5, 5.41) is 1.19. The number of aromatic amines is 1. The lowest BCUT2D eigenvalue weighted by molar-refractivity contribution is 0.936. The fourth-order valence-electron chi connectivity index (χ4n) is 2.12. The topological polar surface area (TPSA) is 54.2 Å². The maximum absolute atomic E-state index is 5.62. The van der Waals surface area contributed by atoms with Gasteiger partial charge in [0.15, 0.2) is 0 Å². The van der Waals surface area contributed by atoms with Crippen molar-refractivity contribution in [2.75, 3.05) is 6.54 Å². The summed E-state index contributed by atoms with van der Waals surface area (Å²) in [4.78, 5) is 7.66. The first-order valence-electron chi connectivity index (χ1n) is 5.73. The number of hydrogen-bond donors (Lipinski definition) is 2. The molecular formula is C14H13N3. The first-order chi connectivity index (χ1) is 8.38. The molecule has 3 nitrogen and oxygen atoms in total. The Balaban J connectivity index is 2.19. The number of nitrogens with zero attached hydrogens (tertiary/aromatic N) is 1. The average molecular weight is 223 g/mol. The van der Waals surface area contributed by atoms with Gasteiger partial charge in [-0.2, -0.15) is 0 Å². The summed E-state index contributed by atoms with van der Waals surface area (Å²) in [6, 6.07) is 10.0. The van der Waals surface area contributed by atoms with Gasteiger partial charge in [-0.25, -0.2) is 0 Å². The fraction of sp³-hybridized carbons (Fsp3) is 0.214. The zero-order chi connectivity index (χ0) is 11.7. The first-order valence-corrected chi connectivity index (χ1v) is 5.73. The number of nitrogens with one attached hydrogen (secondary N) is 1. The maximum Gasteiger partial charge on any atom is 0.132 e. The van der Waals surface area contributed by atoms with Crippen LogP contribution in [-0.4, -0.2) is 11.5 Å². The standard InChI is InChI=1S/C14H13N3/c15-8-10-3-1-4-11(7-10)13-9-17-14-12(13)5-2-6-16-14/h4-5,7,9H,2,6,8,15H2,(H,16,17). The molecule has 1 aromatic carbocycles. The van der Waals surface area contributed by atoms with Gasteiger partial charge in [0.2, 0.25) is 0 Å². The first kappa shape index (κ1) is 10.1. The number of hydrogen-bond acceptors (Lipinski definition) is 2. The highest BCUT2D eigenvalue weighted by atomic mass is 14.8. The van der Waals surface area contributed by atoms with E-state index in [9.17, 15) is 0 Å². The van der Waals surface area contributed by atoms with Gasteiger partial charge in [-0.15, -0.1) is 0 Å². The summed E-state index contributed by atoms with van der Waals surface area (Å²) >= 11 is 0. The van der Waals surface area contributed by atoms with E-state index in [-0.39, 0.29) is 0 Å². The van der Waals surface area contributed by atoms with Crippen LogP contribution < -0.4 is 16.4 Å². The Morgan fingerprint density at radius 3 is 3.29 bits per heavy atom. The number of rotatable bonds is 2. The van der Waals surface area contributed by atoms with E-state index < -0.39 is 0 Å². The van der Waals surface area contributed by atoms with E-state index >= 15 is 0 Å². The van der Waals surface area contributed by atoms with Crippen LogP contribution in [-0.2, 0) is 6.54 Å². The second kappa shape index (κ2) is 4.08. The summed E-state index contributed by atoms with van der Waals surface area (Å²) in [5.41, 5.74) is 9.87. The van der Waals surface area contributed by atoms with Crippen LogP contribution in [0.5, 0.6) is 0 Å². The molecule has 0 atom stereocenters. The third kappa shape index (κ3) is 1.73. The molecule has 0 spiro atoms. The third-order valence-corrected chi connectivity index (χ3v) is 2.97. The van der Waals surface area contributed by atoms with Crippen molar-refractivity contribution >= 4 is 6.08 Å². The van der Waals surface area contributed by atoms with E-state index in [1.165, 1.54) is 10.8 Å². The molecule has 3 heteroatoms. The van der Waals surface area contributed by atoms with Crippen molar-refractivity contribution in [1.29, 1.82) is 0 Å². The van der Waals surface area contributed by atoms with Crippen molar-refractivity contribution in [2.45, 2.75) is 13.0 Å². The fourth-order valence-corrected chi connectivity index (χ4v) is 2.12. The molecule has 1 aliphatic rings. The highest BCUT2D eigenvalue weighted by Gasteiger charge is 2.06. The smallest absolute Gasteiger partial charge is 0.132 e. The summed E-state index contributed by atoms with van der Waals surface area (Å²) in [5.74, 6) is 0. The largest absolute Gasteiger partial charge is 0.346 e. The van der Waals surface area contributed by atoms with Gasteiger partial charge in [-0.1, -0.05) is 18.2 Å². The van der Waals surface area contributed by atoms with Gasteiger partial charge in [-0.05, 0) is 24.1 Å². The van der Waals surface area contributed by atoms with E-state index in [2.05, 4.69) is 34.3 Å². The molecule has 2 heterocycles. The van der Waals surface area contributed by atoms with Gasteiger partial charge in [0.05, 0.1) is 0 Å². The summed E-state index contributed by atoms with van der Waals surface area (Å²) in [6.45, 7) is 1.36. The molecular weight excluding hydrogens is 210 g/mol. The lowest BCUT2D eigenvalue weighted by Gasteiger charge is -2.00. The molecule has 17 heavy (non-hydrogen) atoms. The molecule has 0 bridgehead atoms. The molecule has 2 aromatic rings. The molecule has 0 amide bonds. The van der Waals surface area contributed by atoms with Crippen LogP contribution in [0.25, 0.3) is 17.2 Å². The van der Waals surface area contributed by atoms with Gasteiger partial charge in [0.1, 0.15) is 5.49 Å². The van der Waals surface area contributed by atoms with Gasteiger partial charge in [0.25, 0.3) is 0 Å². The van der Waals surface area contributed by atoms with Crippen molar-refractivity contribution in [3.8, 4) is 11.1 Å². The van der Waals surface area contributed by atoms with E-state index in [1.54, 1.807) is 0 Å². The maximum atomic E-state index is 5.62. The summed E-state index contributed by atoms with van der Waals surface area (Å²) < 4.78 is 0. The van der Waals surface area contributed by atoms with Crippen LogP contribution in [0, 0.1) is 12.1 Å². The molecule has 0 fully saturated rings. The monoisotopic (exact) mass is 223 g/mol. The third-order valence-electron chi connectivity index (χ3n) is 2.97. The van der Waals surface area contributed by atoms with E-state index in [0.717, 1.165) is 29.6 Å².